The second kappa shape index (κ2) is 6.35. The Kier molecular flexibility index (Phi) is 4.53. The summed E-state index contributed by atoms with van der Waals surface area (Å²) < 4.78 is 1.06. The number of thiophene rings is 1. The maximum atomic E-state index is 11.7. The first-order chi connectivity index (χ1) is 9.15. The summed E-state index contributed by atoms with van der Waals surface area (Å²) in [6.45, 7) is 0. The number of carboxylic acid groups (broad SMARTS) is 1. The molecule has 0 aliphatic rings. The van der Waals surface area contributed by atoms with Gasteiger partial charge in [-0.1, -0.05) is 6.07 Å². The summed E-state index contributed by atoms with van der Waals surface area (Å²) in [4.78, 5) is 26.2. The molecule has 0 atom stereocenters. The second-order valence-corrected chi connectivity index (χ2v) is 5.76. The van der Waals surface area contributed by atoms with Crippen LogP contribution in [0.3, 0.4) is 0 Å². The number of carboxylic acids is 1. The van der Waals surface area contributed by atoms with Crippen LogP contribution in [-0.2, 0) is 4.79 Å². The zero-order chi connectivity index (χ0) is 13.7. The molecule has 5 nitrogen and oxygen atoms in total. The fourth-order valence-electron chi connectivity index (χ4n) is 1.30. The van der Waals surface area contributed by atoms with Crippen LogP contribution in [-0.4, -0.2) is 27.7 Å². The maximum absolute atomic E-state index is 11.7. The third kappa shape index (κ3) is 4.08. The highest BCUT2D eigenvalue weighted by Crippen LogP contribution is 2.23. The van der Waals surface area contributed by atoms with Crippen molar-refractivity contribution in [1.29, 1.82) is 0 Å². The molecule has 0 aliphatic heterocycles. The third-order valence-corrected chi connectivity index (χ3v) is 4.24. The molecule has 0 saturated carbocycles. The quantitative estimate of drug-likeness (QED) is 0.829. The van der Waals surface area contributed by atoms with E-state index in [-0.39, 0.29) is 17.2 Å². The minimum absolute atomic E-state index is 0.0451. The van der Waals surface area contributed by atoms with Crippen LogP contribution in [0.2, 0.25) is 0 Å². The van der Waals surface area contributed by atoms with Crippen molar-refractivity contribution >= 4 is 40.7 Å². The van der Waals surface area contributed by atoms with Crippen LogP contribution < -0.4 is 5.32 Å². The number of carbonyl (C=O) groups is 2. The van der Waals surface area contributed by atoms with Crippen LogP contribution in [0.15, 0.2) is 40.2 Å². The molecule has 19 heavy (non-hydrogen) atoms. The number of nitrogens with zero attached hydrogens (tertiary/aromatic N) is 1. The summed E-state index contributed by atoms with van der Waals surface area (Å²) >= 11 is 3.01. The average Bonchev–Trinajstić information content (AvgIpc) is 2.90. The Labute approximate surface area is 117 Å². The highest BCUT2D eigenvalue weighted by molar-refractivity contribution is 8.01. The van der Waals surface area contributed by atoms with Gasteiger partial charge in [-0.05, 0) is 17.5 Å². The van der Waals surface area contributed by atoms with Crippen LogP contribution in [0.5, 0.6) is 0 Å². The van der Waals surface area contributed by atoms with Crippen molar-refractivity contribution in [2.24, 2.45) is 0 Å². The zero-order valence-corrected chi connectivity index (χ0v) is 11.3. The van der Waals surface area contributed by atoms with Gasteiger partial charge < -0.3 is 10.4 Å². The summed E-state index contributed by atoms with van der Waals surface area (Å²) in [6, 6.07) is 5.24. The van der Waals surface area contributed by atoms with Crippen LogP contribution >= 0.6 is 23.1 Å². The van der Waals surface area contributed by atoms with E-state index in [2.05, 4.69) is 10.3 Å². The van der Waals surface area contributed by atoms with Crippen molar-refractivity contribution in [2.75, 3.05) is 11.1 Å². The van der Waals surface area contributed by atoms with Gasteiger partial charge in [0.15, 0.2) is 0 Å². The molecule has 0 unspecified atom stereocenters. The van der Waals surface area contributed by atoms with Crippen LogP contribution in [0.4, 0.5) is 5.69 Å². The Morgan fingerprint density at radius 1 is 1.42 bits per heavy atom. The van der Waals surface area contributed by atoms with Gasteiger partial charge in [-0.2, -0.15) is 0 Å². The minimum Gasteiger partial charge on any atom is -0.478 e. The van der Waals surface area contributed by atoms with Gasteiger partial charge in [0.2, 0.25) is 5.91 Å². The molecule has 2 N–H and O–H groups in total. The molecule has 0 bridgehead atoms. The number of anilines is 1. The van der Waals surface area contributed by atoms with Crippen molar-refractivity contribution in [3.63, 3.8) is 0 Å². The van der Waals surface area contributed by atoms with E-state index in [0.29, 0.717) is 5.69 Å². The molecule has 0 fully saturated rings. The van der Waals surface area contributed by atoms with Crippen molar-refractivity contribution < 1.29 is 14.7 Å². The number of hydrogen-bond donors (Lipinski definition) is 2. The molecule has 0 saturated heterocycles. The standard InChI is InChI=1S/C12H10N2O3S2/c15-10(7-19-11-2-1-3-18-11)14-9-4-8(12(16)17)5-13-6-9/h1-6H,7H2,(H,14,15)(H,16,17). The number of carbonyl (C=O) groups excluding carboxylic acids is 1. The van der Waals surface area contributed by atoms with Crippen molar-refractivity contribution in [1.82, 2.24) is 4.98 Å². The lowest BCUT2D eigenvalue weighted by Crippen LogP contribution is -2.14. The van der Waals surface area contributed by atoms with Crippen LogP contribution in [0, 0.1) is 0 Å². The van der Waals surface area contributed by atoms with E-state index in [1.165, 1.54) is 30.2 Å². The largest absolute Gasteiger partial charge is 0.478 e. The van der Waals surface area contributed by atoms with Crippen molar-refractivity contribution in [2.45, 2.75) is 4.21 Å². The first-order valence-electron chi connectivity index (χ1n) is 5.29. The Morgan fingerprint density at radius 2 is 2.26 bits per heavy atom. The van der Waals surface area contributed by atoms with Gasteiger partial charge in [0, 0.05) is 6.20 Å². The van der Waals surface area contributed by atoms with E-state index in [1.54, 1.807) is 11.3 Å². The topological polar surface area (TPSA) is 79.3 Å². The summed E-state index contributed by atoms with van der Waals surface area (Å²) in [5.74, 6) is -0.989. The summed E-state index contributed by atoms with van der Waals surface area (Å²) in [6.07, 6.45) is 2.65. The second-order valence-electron chi connectivity index (χ2n) is 3.54. The fraction of sp³-hybridized carbons (Fsp3) is 0.0833. The fourth-order valence-corrected chi connectivity index (χ4v) is 2.89. The zero-order valence-electron chi connectivity index (χ0n) is 9.70. The lowest BCUT2D eigenvalue weighted by atomic mass is 10.2. The van der Waals surface area contributed by atoms with E-state index in [4.69, 9.17) is 5.11 Å². The summed E-state index contributed by atoms with van der Waals surface area (Å²) in [5, 5.41) is 13.4. The molecule has 0 spiro atoms. The lowest BCUT2D eigenvalue weighted by Gasteiger charge is -2.04. The highest BCUT2D eigenvalue weighted by Gasteiger charge is 2.07. The maximum Gasteiger partial charge on any atom is 0.337 e. The monoisotopic (exact) mass is 294 g/mol. The minimum atomic E-state index is -1.07. The van der Waals surface area contributed by atoms with E-state index >= 15 is 0 Å². The van der Waals surface area contributed by atoms with E-state index in [0.717, 1.165) is 4.21 Å². The number of rotatable bonds is 5. The molecule has 2 aromatic rings. The molecular weight excluding hydrogens is 284 g/mol. The number of aromatic carboxylic acids is 1. The number of aromatic nitrogens is 1. The molecule has 0 radical (unpaired) electrons. The predicted octanol–water partition coefficient (Wildman–Crippen LogP) is 2.57. The number of pyridine rings is 1. The molecule has 7 heteroatoms. The average molecular weight is 294 g/mol. The lowest BCUT2D eigenvalue weighted by molar-refractivity contribution is -0.113. The SMILES string of the molecule is O=C(CSc1cccs1)Nc1cncc(C(=O)O)c1. The number of nitrogens with one attached hydrogen (secondary N) is 1. The number of thioether (sulfide) groups is 1. The molecule has 98 valence electrons. The predicted molar refractivity (Wildman–Crippen MR) is 74.9 cm³/mol. The van der Waals surface area contributed by atoms with Gasteiger partial charge in [-0.25, -0.2) is 4.79 Å². The number of amides is 1. The van der Waals surface area contributed by atoms with Gasteiger partial charge in [-0.3, -0.25) is 9.78 Å². The normalized spacial score (nSPS) is 10.1. The van der Waals surface area contributed by atoms with Crippen LogP contribution in [0.1, 0.15) is 10.4 Å². The first kappa shape index (κ1) is 13.6. The molecular formula is C12H10N2O3S2. The van der Waals surface area contributed by atoms with Gasteiger partial charge >= 0.3 is 5.97 Å². The Bertz CT molecular complexity index is 584. The summed E-state index contributed by atoms with van der Waals surface area (Å²) in [5.41, 5.74) is 0.431. The molecule has 2 aromatic heterocycles. The molecule has 0 aromatic carbocycles. The highest BCUT2D eigenvalue weighted by atomic mass is 32.2. The third-order valence-electron chi connectivity index (χ3n) is 2.11. The Hall–Kier alpha value is -1.86. The first-order valence-corrected chi connectivity index (χ1v) is 7.16. The van der Waals surface area contributed by atoms with E-state index in [9.17, 15) is 9.59 Å². The van der Waals surface area contributed by atoms with Crippen molar-refractivity contribution in [3.8, 4) is 0 Å². The Morgan fingerprint density at radius 3 is 2.95 bits per heavy atom. The molecule has 2 rings (SSSR count). The van der Waals surface area contributed by atoms with Gasteiger partial charge in [0.25, 0.3) is 0 Å². The van der Waals surface area contributed by atoms with Gasteiger partial charge in [-0.15, -0.1) is 23.1 Å². The molecule has 1 amide bonds. The smallest absolute Gasteiger partial charge is 0.337 e. The van der Waals surface area contributed by atoms with Gasteiger partial charge in [0.1, 0.15) is 0 Å². The molecule has 2 heterocycles. The van der Waals surface area contributed by atoms with Crippen molar-refractivity contribution in [3.05, 3.63) is 41.5 Å². The Balaban J connectivity index is 1.91. The van der Waals surface area contributed by atoms with Gasteiger partial charge in [0.05, 0.1) is 27.4 Å². The molecule has 0 aliphatic carbocycles. The summed E-state index contributed by atoms with van der Waals surface area (Å²) in [7, 11) is 0. The van der Waals surface area contributed by atoms with E-state index in [1.807, 2.05) is 17.5 Å². The van der Waals surface area contributed by atoms with E-state index < -0.39 is 5.97 Å². The number of hydrogen-bond acceptors (Lipinski definition) is 5. The van der Waals surface area contributed by atoms with Crippen LogP contribution in [0.25, 0.3) is 0 Å².